The standard InChI is InChI=1S/C7H6N2O/c10-7-3-1-2(3)6-4(7)5(1)8-9-6/h1-6H. The molecule has 3 heteroatoms. The Kier molecular flexibility index (Phi) is 0.371. The molecule has 0 aromatic carbocycles. The molecule has 1 heterocycles. The molecule has 5 rings (SSSR count). The first-order chi connectivity index (χ1) is 4.89. The molecule has 4 unspecified atom stereocenters. The Bertz CT molecular complexity index is 265. The zero-order valence-electron chi connectivity index (χ0n) is 5.27. The maximum absolute atomic E-state index is 11.3. The SMILES string of the molecule is O=C1C2C3N=NC2C2C1C32. The number of azo groups is 1. The molecule has 50 valence electrons. The average Bonchev–Trinajstić information content (AvgIpc) is 2.22. The number of hydrogen-bond acceptors (Lipinski definition) is 3. The van der Waals surface area contributed by atoms with Gasteiger partial charge in [0.15, 0.2) is 0 Å². The normalized spacial score (nSPS) is 71.8. The van der Waals surface area contributed by atoms with Gasteiger partial charge in [-0.1, -0.05) is 0 Å². The van der Waals surface area contributed by atoms with E-state index in [0.29, 0.717) is 35.6 Å². The summed E-state index contributed by atoms with van der Waals surface area (Å²) in [7, 11) is 0. The minimum absolute atomic E-state index is 0.250. The van der Waals surface area contributed by atoms with Crippen LogP contribution >= 0.6 is 0 Å². The fourth-order valence-corrected chi connectivity index (χ4v) is 3.31. The van der Waals surface area contributed by atoms with Crippen molar-refractivity contribution in [3.05, 3.63) is 0 Å². The molecule has 4 aliphatic carbocycles. The Morgan fingerprint density at radius 3 is 1.90 bits per heavy atom. The molecule has 4 fully saturated rings. The first-order valence-corrected chi connectivity index (χ1v) is 3.83. The van der Waals surface area contributed by atoms with E-state index in [1.807, 2.05) is 0 Å². The average molecular weight is 134 g/mol. The second-order valence-electron chi connectivity index (χ2n) is 3.82. The Hall–Kier alpha value is -0.730. The molecule has 0 N–H and O–H groups in total. The van der Waals surface area contributed by atoms with E-state index in [4.69, 9.17) is 0 Å². The molecule has 0 saturated heterocycles. The van der Waals surface area contributed by atoms with Gasteiger partial charge in [-0.05, 0) is 11.8 Å². The van der Waals surface area contributed by atoms with Crippen LogP contribution in [0.5, 0.6) is 0 Å². The van der Waals surface area contributed by atoms with Crippen molar-refractivity contribution in [1.82, 2.24) is 0 Å². The van der Waals surface area contributed by atoms with Gasteiger partial charge in [-0.25, -0.2) is 0 Å². The maximum Gasteiger partial charge on any atom is 0.144 e. The number of Topliss-reactive ketones (excluding diaryl/α,β-unsaturated/α-hetero) is 1. The van der Waals surface area contributed by atoms with Crippen molar-refractivity contribution < 1.29 is 4.79 Å². The summed E-state index contributed by atoms with van der Waals surface area (Å²) < 4.78 is 0. The van der Waals surface area contributed by atoms with Gasteiger partial charge in [0.05, 0.1) is 18.0 Å². The van der Waals surface area contributed by atoms with Crippen LogP contribution < -0.4 is 0 Å². The highest BCUT2D eigenvalue weighted by atomic mass is 16.1. The van der Waals surface area contributed by atoms with Crippen molar-refractivity contribution in [3.8, 4) is 0 Å². The van der Waals surface area contributed by atoms with Crippen LogP contribution in [0.25, 0.3) is 0 Å². The van der Waals surface area contributed by atoms with Crippen molar-refractivity contribution in [2.45, 2.75) is 12.1 Å². The first kappa shape index (κ1) is 4.21. The molecule has 3 nitrogen and oxygen atoms in total. The highest BCUT2D eigenvalue weighted by Crippen LogP contribution is 2.72. The van der Waals surface area contributed by atoms with Crippen molar-refractivity contribution in [2.75, 3.05) is 0 Å². The van der Waals surface area contributed by atoms with E-state index >= 15 is 0 Å². The quantitative estimate of drug-likeness (QED) is 0.468. The number of hydrogen-bond donors (Lipinski definition) is 0. The van der Waals surface area contributed by atoms with Gasteiger partial charge in [-0.15, -0.1) is 0 Å². The van der Waals surface area contributed by atoms with Gasteiger partial charge >= 0.3 is 0 Å². The van der Waals surface area contributed by atoms with Crippen molar-refractivity contribution in [1.29, 1.82) is 0 Å². The summed E-state index contributed by atoms with van der Waals surface area (Å²) in [4.78, 5) is 11.3. The molecule has 1 aliphatic heterocycles. The van der Waals surface area contributed by atoms with Gasteiger partial charge in [0.1, 0.15) is 5.78 Å². The molecule has 0 aromatic rings. The highest BCUT2D eigenvalue weighted by Gasteiger charge is 2.81. The van der Waals surface area contributed by atoms with Crippen LogP contribution in [0, 0.1) is 23.7 Å². The molecule has 0 radical (unpaired) electrons. The predicted octanol–water partition coefficient (Wildman–Crippen LogP) is 0.264. The Morgan fingerprint density at radius 2 is 1.60 bits per heavy atom. The highest BCUT2D eigenvalue weighted by molar-refractivity contribution is 5.95. The predicted molar refractivity (Wildman–Crippen MR) is 31.4 cm³/mol. The van der Waals surface area contributed by atoms with Crippen LogP contribution in [0.2, 0.25) is 0 Å². The third-order valence-corrected chi connectivity index (χ3v) is 3.65. The molecule has 6 bridgehead atoms. The fraction of sp³-hybridized carbons (Fsp3) is 0.857. The third kappa shape index (κ3) is 0.195. The van der Waals surface area contributed by atoms with E-state index in [1.165, 1.54) is 0 Å². The van der Waals surface area contributed by atoms with E-state index in [-0.39, 0.29) is 5.92 Å². The zero-order valence-corrected chi connectivity index (χ0v) is 5.27. The minimum Gasteiger partial charge on any atom is -0.299 e. The maximum atomic E-state index is 11.3. The van der Waals surface area contributed by atoms with Crippen LogP contribution in [0.1, 0.15) is 0 Å². The summed E-state index contributed by atoms with van der Waals surface area (Å²) in [6, 6.07) is 0.681. The Balaban J connectivity index is 2.08. The van der Waals surface area contributed by atoms with Crippen LogP contribution in [-0.2, 0) is 4.79 Å². The molecule has 0 spiro atoms. The van der Waals surface area contributed by atoms with E-state index in [2.05, 4.69) is 10.2 Å². The molecule has 0 aromatic heterocycles. The second kappa shape index (κ2) is 0.881. The lowest BCUT2D eigenvalue weighted by molar-refractivity contribution is -0.120. The molecule has 0 amide bonds. The number of nitrogens with zero attached hydrogens (tertiary/aromatic N) is 2. The van der Waals surface area contributed by atoms with Crippen LogP contribution in [-0.4, -0.2) is 17.9 Å². The second-order valence-corrected chi connectivity index (χ2v) is 3.82. The van der Waals surface area contributed by atoms with Gasteiger partial charge in [-0.3, -0.25) is 4.79 Å². The first-order valence-electron chi connectivity index (χ1n) is 3.83. The Morgan fingerprint density at radius 1 is 1.00 bits per heavy atom. The molecule has 10 heavy (non-hydrogen) atoms. The van der Waals surface area contributed by atoms with Crippen molar-refractivity contribution >= 4 is 5.78 Å². The van der Waals surface area contributed by atoms with E-state index in [9.17, 15) is 4.79 Å². The largest absolute Gasteiger partial charge is 0.299 e. The number of rotatable bonds is 0. The number of carbonyl (C=O) groups excluding carboxylic acids is 1. The van der Waals surface area contributed by atoms with Gasteiger partial charge in [0.25, 0.3) is 0 Å². The minimum atomic E-state index is 0.250. The smallest absolute Gasteiger partial charge is 0.144 e. The lowest BCUT2D eigenvalue weighted by atomic mass is 10.1. The summed E-state index contributed by atoms with van der Waals surface area (Å²) in [5.41, 5.74) is 0. The van der Waals surface area contributed by atoms with E-state index in [0.717, 1.165) is 0 Å². The topological polar surface area (TPSA) is 41.8 Å². The summed E-state index contributed by atoms with van der Waals surface area (Å²) in [5.74, 6) is 2.45. The Labute approximate surface area is 57.5 Å². The van der Waals surface area contributed by atoms with E-state index < -0.39 is 0 Å². The van der Waals surface area contributed by atoms with Gasteiger partial charge in [-0.2, -0.15) is 10.2 Å². The molecule has 4 saturated carbocycles. The van der Waals surface area contributed by atoms with Crippen LogP contribution in [0.15, 0.2) is 10.2 Å². The van der Waals surface area contributed by atoms with Crippen molar-refractivity contribution in [3.63, 3.8) is 0 Å². The third-order valence-electron chi connectivity index (χ3n) is 3.65. The number of carbonyl (C=O) groups is 1. The van der Waals surface area contributed by atoms with Crippen LogP contribution in [0.4, 0.5) is 0 Å². The summed E-state index contributed by atoms with van der Waals surface area (Å²) in [5, 5.41) is 8.21. The lowest BCUT2D eigenvalue weighted by Gasteiger charge is -1.98. The van der Waals surface area contributed by atoms with Crippen LogP contribution in [0.3, 0.4) is 0 Å². The monoisotopic (exact) mass is 134 g/mol. The molecule has 5 aliphatic rings. The lowest BCUT2D eigenvalue weighted by Crippen LogP contribution is -2.16. The molecular weight excluding hydrogens is 128 g/mol. The van der Waals surface area contributed by atoms with Gasteiger partial charge in [0.2, 0.25) is 0 Å². The summed E-state index contributed by atoms with van der Waals surface area (Å²) in [6.07, 6.45) is 0. The summed E-state index contributed by atoms with van der Waals surface area (Å²) in [6.45, 7) is 0. The zero-order chi connectivity index (χ0) is 6.46. The van der Waals surface area contributed by atoms with Gasteiger partial charge in [0, 0.05) is 5.92 Å². The summed E-state index contributed by atoms with van der Waals surface area (Å²) >= 11 is 0. The number of ketones is 1. The fourth-order valence-electron chi connectivity index (χ4n) is 3.31. The van der Waals surface area contributed by atoms with E-state index in [1.54, 1.807) is 0 Å². The van der Waals surface area contributed by atoms with Crippen molar-refractivity contribution in [2.24, 2.45) is 33.9 Å². The molecule has 4 atom stereocenters. The molecular formula is C7H6N2O. The van der Waals surface area contributed by atoms with Gasteiger partial charge < -0.3 is 0 Å².